The Morgan fingerprint density at radius 3 is 1.31 bits per heavy atom. The molecular weight excluding hydrogens is 667 g/mol. The highest BCUT2D eigenvalue weighted by Crippen LogP contribution is 2.46. The minimum Gasteiger partial charge on any atom is -0.310 e. The van der Waals surface area contributed by atoms with E-state index in [1.165, 1.54) is 46.1 Å². The lowest BCUT2D eigenvalue weighted by molar-refractivity contribution is 0.627. The topological polar surface area (TPSA) is 8.17 Å². The average molecular weight is 699 g/mol. The highest BCUT2D eigenvalue weighted by molar-refractivity contribution is 6.22. The van der Waals surface area contributed by atoms with Crippen LogP contribution >= 0.6 is 0 Å². The summed E-state index contributed by atoms with van der Waals surface area (Å²) in [5, 5.41) is 6.57. The van der Waals surface area contributed by atoms with Crippen LogP contribution in [0.5, 0.6) is 0 Å². The predicted molar refractivity (Wildman–Crippen MR) is 221 cm³/mol. The predicted octanol–water partition coefficient (Wildman–Crippen LogP) is 14.2. The first-order chi connectivity index (χ1) is 26.6. The molecule has 0 atom stereocenters. The minimum atomic E-state index is -0.282. The van der Waals surface area contributed by atoms with Crippen LogP contribution in [0, 0.1) is 11.6 Å². The molecule has 0 aliphatic carbocycles. The van der Waals surface area contributed by atoms with Gasteiger partial charge in [-0.2, -0.15) is 0 Å². The number of aromatic nitrogens is 1. The Bertz CT molecular complexity index is 2930. The van der Waals surface area contributed by atoms with Crippen molar-refractivity contribution < 1.29 is 8.78 Å². The number of fused-ring (bicyclic) bond motifs is 5. The third kappa shape index (κ3) is 5.22. The summed E-state index contributed by atoms with van der Waals surface area (Å²) in [6.45, 7) is 0. The van der Waals surface area contributed by atoms with Gasteiger partial charge >= 0.3 is 0 Å². The molecule has 10 aromatic rings. The summed E-state index contributed by atoms with van der Waals surface area (Å²) >= 11 is 0. The van der Waals surface area contributed by atoms with E-state index in [0.717, 1.165) is 66.5 Å². The second-order valence-corrected chi connectivity index (χ2v) is 13.6. The number of hydrogen-bond acceptors (Lipinski definition) is 1. The largest absolute Gasteiger partial charge is 0.310 e. The maximum absolute atomic E-state index is 14.3. The van der Waals surface area contributed by atoms with Crippen molar-refractivity contribution in [2.75, 3.05) is 4.90 Å². The SMILES string of the molecule is Fc1ccc(-c2c3ccccc3c(-c3ccc(F)cc3)c3cc(N(c4ccccc4)c4ccc(-n5c6ccccc6c6ccccc65)cc4)ccc23)cc1. The van der Waals surface area contributed by atoms with Crippen LogP contribution in [0.1, 0.15) is 0 Å². The molecule has 256 valence electrons. The van der Waals surface area contributed by atoms with Gasteiger partial charge in [-0.1, -0.05) is 109 Å². The second kappa shape index (κ2) is 12.9. The van der Waals surface area contributed by atoms with Crippen molar-refractivity contribution in [3.05, 3.63) is 206 Å². The van der Waals surface area contributed by atoms with Gasteiger partial charge in [-0.15, -0.1) is 0 Å². The van der Waals surface area contributed by atoms with Gasteiger partial charge in [0.2, 0.25) is 0 Å². The van der Waals surface area contributed by atoms with Crippen LogP contribution in [-0.2, 0) is 0 Å². The number of benzene rings is 9. The smallest absolute Gasteiger partial charge is 0.123 e. The zero-order valence-electron chi connectivity index (χ0n) is 29.1. The minimum absolute atomic E-state index is 0.278. The Hall–Kier alpha value is -7.04. The summed E-state index contributed by atoms with van der Waals surface area (Å²) < 4.78 is 30.9. The summed E-state index contributed by atoms with van der Waals surface area (Å²) in [6.07, 6.45) is 0. The van der Waals surface area contributed by atoms with Gasteiger partial charge < -0.3 is 9.47 Å². The van der Waals surface area contributed by atoms with Crippen molar-refractivity contribution in [3.8, 4) is 27.9 Å². The summed E-state index contributed by atoms with van der Waals surface area (Å²) in [5.74, 6) is -0.559. The van der Waals surface area contributed by atoms with Crippen molar-refractivity contribution in [1.29, 1.82) is 0 Å². The average Bonchev–Trinajstić information content (AvgIpc) is 3.56. The molecule has 0 N–H and O–H groups in total. The van der Waals surface area contributed by atoms with Crippen LogP contribution in [0.3, 0.4) is 0 Å². The normalized spacial score (nSPS) is 11.5. The molecule has 0 amide bonds. The van der Waals surface area contributed by atoms with Crippen molar-refractivity contribution >= 4 is 60.4 Å². The first-order valence-corrected chi connectivity index (χ1v) is 18.1. The van der Waals surface area contributed by atoms with Crippen LogP contribution in [0.15, 0.2) is 194 Å². The molecule has 9 aromatic carbocycles. The molecule has 0 spiro atoms. The molecule has 1 heterocycles. The lowest BCUT2D eigenvalue weighted by Crippen LogP contribution is -2.10. The summed E-state index contributed by atoms with van der Waals surface area (Å²) in [6, 6.07) is 64.5. The Labute approximate surface area is 311 Å². The first-order valence-electron chi connectivity index (χ1n) is 18.1. The van der Waals surface area contributed by atoms with Crippen molar-refractivity contribution in [2.45, 2.75) is 0 Å². The first kappa shape index (κ1) is 31.7. The number of rotatable bonds is 6. The number of nitrogens with zero attached hydrogens (tertiary/aromatic N) is 2. The molecule has 0 radical (unpaired) electrons. The van der Waals surface area contributed by atoms with E-state index >= 15 is 0 Å². The van der Waals surface area contributed by atoms with Crippen LogP contribution in [0.25, 0.3) is 71.3 Å². The van der Waals surface area contributed by atoms with E-state index < -0.39 is 0 Å². The molecule has 0 aliphatic heterocycles. The number of para-hydroxylation sites is 3. The number of anilines is 3. The third-order valence-electron chi connectivity index (χ3n) is 10.5. The van der Waals surface area contributed by atoms with Crippen molar-refractivity contribution in [2.24, 2.45) is 0 Å². The fraction of sp³-hybridized carbons (Fsp3) is 0. The quantitative estimate of drug-likeness (QED) is 0.157. The van der Waals surface area contributed by atoms with E-state index in [-0.39, 0.29) is 11.6 Å². The Morgan fingerprint density at radius 2 is 0.759 bits per heavy atom. The fourth-order valence-corrected chi connectivity index (χ4v) is 8.14. The van der Waals surface area contributed by atoms with Gasteiger partial charge in [-0.05, 0) is 129 Å². The standard InChI is InChI=1S/C50H32F2N2/c51-35-22-18-33(19-23-35)49-43-14-4-5-15-44(43)50(34-20-24-36(52)25-21-34)46-32-40(30-31-45(46)49)53(37-10-2-1-3-11-37)38-26-28-39(29-27-38)54-47-16-8-6-12-41(47)42-13-7-9-17-48(42)54/h1-32H. The van der Waals surface area contributed by atoms with Gasteiger partial charge in [0.1, 0.15) is 11.6 Å². The van der Waals surface area contributed by atoms with E-state index in [0.29, 0.717) is 0 Å². The highest BCUT2D eigenvalue weighted by Gasteiger charge is 2.20. The van der Waals surface area contributed by atoms with Crippen molar-refractivity contribution in [1.82, 2.24) is 4.57 Å². The molecule has 1 aromatic heterocycles. The molecule has 2 nitrogen and oxygen atoms in total. The van der Waals surface area contributed by atoms with E-state index in [1.54, 1.807) is 0 Å². The highest BCUT2D eigenvalue weighted by atomic mass is 19.1. The fourth-order valence-electron chi connectivity index (χ4n) is 8.14. The molecule has 0 saturated heterocycles. The van der Waals surface area contributed by atoms with Crippen LogP contribution in [0.2, 0.25) is 0 Å². The van der Waals surface area contributed by atoms with E-state index in [4.69, 9.17) is 0 Å². The maximum Gasteiger partial charge on any atom is 0.123 e. The zero-order chi connectivity index (χ0) is 36.2. The van der Waals surface area contributed by atoms with Gasteiger partial charge in [-0.3, -0.25) is 0 Å². The Morgan fingerprint density at radius 1 is 0.333 bits per heavy atom. The van der Waals surface area contributed by atoms with Gasteiger partial charge in [-0.25, -0.2) is 8.78 Å². The number of hydrogen-bond donors (Lipinski definition) is 0. The summed E-state index contributed by atoms with van der Waals surface area (Å²) in [5.41, 5.74) is 10.3. The molecule has 4 heteroatoms. The van der Waals surface area contributed by atoms with Crippen LogP contribution in [0.4, 0.5) is 25.8 Å². The van der Waals surface area contributed by atoms with E-state index in [2.05, 4.69) is 137 Å². The molecular formula is C50H32F2N2. The molecule has 0 saturated carbocycles. The Balaban J connectivity index is 1.20. The molecule has 0 unspecified atom stereocenters. The maximum atomic E-state index is 14.3. The zero-order valence-corrected chi connectivity index (χ0v) is 29.1. The lowest BCUT2D eigenvalue weighted by Gasteiger charge is -2.27. The summed E-state index contributed by atoms with van der Waals surface area (Å²) in [7, 11) is 0. The monoisotopic (exact) mass is 698 g/mol. The van der Waals surface area contributed by atoms with Gasteiger partial charge in [0, 0.05) is 33.5 Å². The number of halogens is 2. The van der Waals surface area contributed by atoms with E-state index in [9.17, 15) is 8.78 Å². The molecule has 54 heavy (non-hydrogen) atoms. The van der Waals surface area contributed by atoms with Crippen LogP contribution in [-0.4, -0.2) is 4.57 Å². The van der Waals surface area contributed by atoms with Crippen LogP contribution < -0.4 is 4.90 Å². The van der Waals surface area contributed by atoms with Gasteiger partial charge in [0.15, 0.2) is 0 Å². The Kier molecular flexibility index (Phi) is 7.55. The lowest BCUT2D eigenvalue weighted by atomic mass is 9.85. The van der Waals surface area contributed by atoms with Gasteiger partial charge in [0.25, 0.3) is 0 Å². The molecule has 0 aliphatic rings. The van der Waals surface area contributed by atoms with Gasteiger partial charge in [0.05, 0.1) is 11.0 Å². The third-order valence-corrected chi connectivity index (χ3v) is 10.5. The van der Waals surface area contributed by atoms with E-state index in [1.807, 2.05) is 42.5 Å². The molecule has 10 rings (SSSR count). The second-order valence-electron chi connectivity index (χ2n) is 13.6. The molecule has 0 bridgehead atoms. The molecule has 0 fully saturated rings. The summed E-state index contributed by atoms with van der Waals surface area (Å²) in [4.78, 5) is 2.27. The van der Waals surface area contributed by atoms with Crippen molar-refractivity contribution in [3.63, 3.8) is 0 Å².